The van der Waals surface area contributed by atoms with Gasteiger partial charge in [-0.1, -0.05) is 0 Å². The van der Waals surface area contributed by atoms with Crippen molar-refractivity contribution in [1.29, 1.82) is 0 Å². The van der Waals surface area contributed by atoms with Gasteiger partial charge in [-0.25, -0.2) is 13.4 Å². The predicted octanol–water partition coefficient (Wildman–Crippen LogP) is 1.13. The number of hydrogen-bond donors (Lipinski definition) is 2. The van der Waals surface area contributed by atoms with Gasteiger partial charge in [0.2, 0.25) is 10.0 Å². The lowest BCUT2D eigenvalue weighted by Gasteiger charge is -2.19. The number of sulfonamides is 1. The van der Waals surface area contributed by atoms with Crippen molar-refractivity contribution in [3.05, 3.63) is 35.9 Å². The summed E-state index contributed by atoms with van der Waals surface area (Å²) in [5.74, 6) is 0.827. The molecule has 1 aromatic heterocycles. The van der Waals surface area contributed by atoms with Crippen molar-refractivity contribution in [3.8, 4) is 5.75 Å². The minimum Gasteiger partial charge on any atom is -0.495 e. The van der Waals surface area contributed by atoms with Crippen LogP contribution in [0.25, 0.3) is 0 Å². The number of anilines is 1. The highest BCUT2D eigenvalue weighted by atomic mass is 32.2. The van der Waals surface area contributed by atoms with Crippen LogP contribution in [0, 0.1) is 6.92 Å². The monoisotopic (exact) mass is 310 g/mol. The van der Waals surface area contributed by atoms with Gasteiger partial charge < -0.3 is 15.5 Å². The van der Waals surface area contributed by atoms with E-state index in [2.05, 4.69) is 9.97 Å². The Morgan fingerprint density at radius 3 is 2.71 bits per heavy atom. The average molecular weight is 310 g/mol. The number of aromatic amines is 1. The highest BCUT2D eigenvalue weighted by molar-refractivity contribution is 7.89. The Morgan fingerprint density at radius 1 is 1.43 bits per heavy atom. The van der Waals surface area contributed by atoms with Crippen LogP contribution in [-0.2, 0) is 16.6 Å². The lowest BCUT2D eigenvalue weighted by Crippen LogP contribution is -2.27. The Bertz CT molecular complexity index is 726. The normalized spacial score (nSPS) is 11.8. The average Bonchev–Trinajstić information content (AvgIpc) is 2.94. The van der Waals surface area contributed by atoms with Crippen LogP contribution < -0.4 is 10.5 Å². The molecule has 2 rings (SSSR count). The van der Waals surface area contributed by atoms with Crippen molar-refractivity contribution < 1.29 is 13.2 Å². The third-order valence-corrected chi connectivity index (χ3v) is 4.99. The predicted molar refractivity (Wildman–Crippen MR) is 79.4 cm³/mol. The Kier molecular flexibility index (Phi) is 4.19. The molecule has 0 unspecified atom stereocenters. The molecule has 0 radical (unpaired) electrons. The summed E-state index contributed by atoms with van der Waals surface area (Å²) in [7, 11) is -0.822. The summed E-state index contributed by atoms with van der Waals surface area (Å²) >= 11 is 0. The summed E-state index contributed by atoms with van der Waals surface area (Å²) in [5, 5.41) is 0. The van der Waals surface area contributed by atoms with E-state index in [9.17, 15) is 8.42 Å². The molecular weight excluding hydrogens is 292 g/mol. The van der Waals surface area contributed by atoms with E-state index in [0.717, 1.165) is 5.56 Å². The molecule has 0 aliphatic heterocycles. The fraction of sp³-hybridized carbons (Fsp3) is 0.308. The van der Waals surface area contributed by atoms with Gasteiger partial charge in [-0.15, -0.1) is 0 Å². The SMILES string of the molecule is COc1cc(C)c(N)cc1S(=O)(=O)N(C)Cc1ncc[nH]1. The standard InChI is InChI=1S/C13H18N4O3S/c1-9-6-11(20-3)12(7-10(9)14)21(18,19)17(2)8-13-15-4-5-16-13/h4-7H,8,14H2,1-3H3,(H,15,16). The molecule has 114 valence electrons. The highest BCUT2D eigenvalue weighted by Crippen LogP contribution is 2.31. The summed E-state index contributed by atoms with van der Waals surface area (Å²) in [6, 6.07) is 3.03. The van der Waals surface area contributed by atoms with E-state index >= 15 is 0 Å². The van der Waals surface area contributed by atoms with Gasteiger partial charge in [0.1, 0.15) is 16.5 Å². The largest absolute Gasteiger partial charge is 0.495 e. The first-order valence-corrected chi connectivity index (χ1v) is 7.69. The Hall–Kier alpha value is -2.06. The third-order valence-electron chi connectivity index (χ3n) is 3.17. The number of rotatable bonds is 5. The molecule has 8 heteroatoms. The first-order chi connectivity index (χ1) is 9.86. The second-order valence-electron chi connectivity index (χ2n) is 4.66. The number of hydrogen-bond acceptors (Lipinski definition) is 5. The third kappa shape index (κ3) is 3.01. The minimum absolute atomic E-state index is 0.0437. The van der Waals surface area contributed by atoms with Crippen molar-refractivity contribution in [2.45, 2.75) is 18.4 Å². The fourth-order valence-electron chi connectivity index (χ4n) is 1.89. The van der Waals surface area contributed by atoms with E-state index in [0.29, 0.717) is 11.5 Å². The van der Waals surface area contributed by atoms with Crippen molar-refractivity contribution in [2.24, 2.45) is 0 Å². The highest BCUT2D eigenvalue weighted by Gasteiger charge is 2.26. The molecule has 21 heavy (non-hydrogen) atoms. The zero-order valence-electron chi connectivity index (χ0n) is 12.1. The first kappa shape index (κ1) is 15.3. The van der Waals surface area contributed by atoms with Crippen LogP contribution in [-0.4, -0.2) is 36.8 Å². The topological polar surface area (TPSA) is 101 Å². The zero-order chi connectivity index (χ0) is 15.6. The van der Waals surface area contributed by atoms with Gasteiger partial charge in [0.05, 0.1) is 13.7 Å². The molecule has 3 N–H and O–H groups in total. The van der Waals surface area contributed by atoms with Gasteiger partial charge in [-0.2, -0.15) is 4.31 Å². The van der Waals surface area contributed by atoms with Gasteiger partial charge in [-0.05, 0) is 24.6 Å². The molecule has 0 aliphatic rings. The number of nitrogens with zero attached hydrogens (tertiary/aromatic N) is 2. The van der Waals surface area contributed by atoms with Gasteiger partial charge in [0.25, 0.3) is 0 Å². The molecule has 0 spiro atoms. The zero-order valence-corrected chi connectivity index (χ0v) is 12.9. The molecule has 0 bridgehead atoms. The van der Waals surface area contributed by atoms with Gasteiger partial charge in [0, 0.05) is 25.1 Å². The number of nitrogens with two attached hydrogens (primary N) is 1. The lowest BCUT2D eigenvalue weighted by molar-refractivity contribution is 0.396. The second-order valence-corrected chi connectivity index (χ2v) is 6.67. The second kappa shape index (κ2) is 5.74. The van der Waals surface area contributed by atoms with Crippen molar-refractivity contribution in [1.82, 2.24) is 14.3 Å². The molecule has 0 fully saturated rings. The van der Waals surface area contributed by atoms with Crippen molar-refractivity contribution >= 4 is 15.7 Å². The van der Waals surface area contributed by atoms with E-state index in [1.165, 1.54) is 24.5 Å². The molecule has 0 aliphatic carbocycles. The van der Waals surface area contributed by atoms with Crippen LogP contribution in [0.4, 0.5) is 5.69 Å². The molecule has 0 saturated carbocycles. The number of ether oxygens (including phenoxy) is 1. The molecule has 0 atom stereocenters. The molecule has 0 saturated heterocycles. The molecule has 1 aromatic carbocycles. The molecular formula is C13H18N4O3S. The maximum absolute atomic E-state index is 12.7. The summed E-state index contributed by atoms with van der Waals surface area (Å²) < 4.78 is 31.7. The Labute approximate surface area is 123 Å². The van der Waals surface area contributed by atoms with Gasteiger partial charge in [0.15, 0.2) is 0 Å². The maximum atomic E-state index is 12.7. The number of aryl methyl sites for hydroxylation is 1. The minimum atomic E-state index is -3.73. The smallest absolute Gasteiger partial charge is 0.246 e. The number of benzene rings is 1. The van der Waals surface area contributed by atoms with E-state index in [4.69, 9.17) is 10.5 Å². The lowest BCUT2D eigenvalue weighted by atomic mass is 10.2. The summed E-state index contributed by atoms with van der Waals surface area (Å²) in [6.45, 7) is 1.92. The number of nitrogen functional groups attached to an aromatic ring is 1. The van der Waals surface area contributed by atoms with E-state index < -0.39 is 10.0 Å². The van der Waals surface area contributed by atoms with E-state index in [1.807, 2.05) is 0 Å². The van der Waals surface area contributed by atoms with E-state index in [-0.39, 0.29) is 17.2 Å². The molecule has 0 amide bonds. The number of aromatic nitrogens is 2. The molecule has 7 nitrogen and oxygen atoms in total. The van der Waals surface area contributed by atoms with Crippen LogP contribution in [0.15, 0.2) is 29.4 Å². The van der Waals surface area contributed by atoms with Crippen LogP contribution in [0.1, 0.15) is 11.4 Å². The summed E-state index contributed by atoms with van der Waals surface area (Å²) in [4.78, 5) is 6.93. The van der Waals surface area contributed by atoms with Crippen LogP contribution in [0.5, 0.6) is 5.75 Å². The number of H-pyrrole nitrogens is 1. The van der Waals surface area contributed by atoms with Crippen molar-refractivity contribution in [2.75, 3.05) is 19.9 Å². The maximum Gasteiger partial charge on any atom is 0.246 e. The van der Waals surface area contributed by atoms with Crippen LogP contribution in [0.2, 0.25) is 0 Å². The molecule has 1 heterocycles. The first-order valence-electron chi connectivity index (χ1n) is 6.25. The Balaban J connectivity index is 2.41. The van der Waals surface area contributed by atoms with Crippen LogP contribution in [0.3, 0.4) is 0 Å². The molecule has 2 aromatic rings. The van der Waals surface area contributed by atoms with Crippen LogP contribution >= 0.6 is 0 Å². The fourth-order valence-corrected chi connectivity index (χ4v) is 3.19. The van der Waals surface area contributed by atoms with E-state index in [1.54, 1.807) is 25.4 Å². The number of methoxy groups -OCH3 is 1. The van der Waals surface area contributed by atoms with Gasteiger partial charge >= 0.3 is 0 Å². The Morgan fingerprint density at radius 2 is 2.14 bits per heavy atom. The summed E-state index contributed by atoms with van der Waals surface area (Å²) in [5.41, 5.74) is 6.99. The summed E-state index contributed by atoms with van der Waals surface area (Å²) in [6.07, 6.45) is 3.21. The van der Waals surface area contributed by atoms with Gasteiger partial charge in [-0.3, -0.25) is 0 Å². The number of nitrogens with one attached hydrogen (secondary N) is 1. The quantitative estimate of drug-likeness (QED) is 0.806. The van der Waals surface area contributed by atoms with Crippen molar-refractivity contribution in [3.63, 3.8) is 0 Å². The number of imidazole rings is 1.